The number of fused-ring (bicyclic) bond motifs is 1. The van der Waals surface area contributed by atoms with Gasteiger partial charge in [-0.25, -0.2) is 0 Å². The number of benzene rings is 2. The minimum Gasteiger partial charge on any atom is -0.507 e. The van der Waals surface area contributed by atoms with Crippen molar-refractivity contribution < 1.29 is 33.6 Å². The summed E-state index contributed by atoms with van der Waals surface area (Å²) in [5.74, 6) is 0.0178. The van der Waals surface area contributed by atoms with Gasteiger partial charge in [-0.3, -0.25) is 9.59 Å². The number of likely N-dealkylation sites (tertiary alicyclic amines) is 1. The van der Waals surface area contributed by atoms with Gasteiger partial charge < -0.3 is 29.0 Å². The molecule has 1 unspecified atom stereocenters. The Bertz CT molecular complexity index is 1070. The highest BCUT2D eigenvalue weighted by atomic mass is 16.7. The van der Waals surface area contributed by atoms with Crippen LogP contribution in [-0.4, -0.2) is 54.4 Å². The molecule has 1 amide bonds. The largest absolute Gasteiger partial charge is 0.507 e. The molecule has 33 heavy (non-hydrogen) atoms. The Morgan fingerprint density at radius 1 is 1.12 bits per heavy atom. The second-order valence-electron chi connectivity index (χ2n) is 7.98. The summed E-state index contributed by atoms with van der Waals surface area (Å²) in [5.41, 5.74) is 1.07. The number of carbonyl (C=O) groups excluding carboxylic acids is 2. The lowest BCUT2D eigenvalue weighted by atomic mass is 9.95. The molecule has 2 aliphatic rings. The maximum atomic E-state index is 13.1. The van der Waals surface area contributed by atoms with Crippen molar-refractivity contribution in [1.82, 2.24) is 4.90 Å². The van der Waals surface area contributed by atoms with E-state index in [0.29, 0.717) is 35.0 Å². The van der Waals surface area contributed by atoms with E-state index in [1.807, 2.05) is 20.8 Å². The number of Topliss-reactive ketones (excluding diaryl/α,β-unsaturated/α-hetero) is 1. The molecule has 0 aromatic heterocycles. The van der Waals surface area contributed by atoms with Crippen molar-refractivity contribution in [3.8, 4) is 17.2 Å². The average molecular weight is 453 g/mol. The van der Waals surface area contributed by atoms with Gasteiger partial charge in [0.05, 0.1) is 30.9 Å². The van der Waals surface area contributed by atoms with E-state index < -0.39 is 17.7 Å². The molecule has 174 valence electrons. The van der Waals surface area contributed by atoms with Gasteiger partial charge in [-0.15, -0.1) is 0 Å². The molecule has 1 fully saturated rings. The highest BCUT2D eigenvalue weighted by molar-refractivity contribution is 6.46. The average Bonchev–Trinajstić information content (AvgIpc) is 3.37. The molecule has 0 saturated carbocycles. The zero-order valence-corrected chi connectivity index (χ0v) is 18.9. The van der Waals surface area contributed by atoms with Crippen LogP contribution in [0.2, 0.25) is 0 Å². The normalized spacial score (nSPS) is 18.9. The lowest BCUT2D eigenvalue weighted by Crippen LogP contribution is -2.33. The van der Waals surface area contributed by atoms with E-state index in [4.69, 9.17) is 18.9 Å². The predicted molar refractivity (Wildman–Crippen MR) is 120 cm³/mol. The Morgan fingerprint density at radius 3 is 2.55 bits per heavy atom. The molecule has 2 aliphatic heterocycles. The van der Waals surface area contributed by atoms with E-state index in [1.165, 1.54) is 4.90 Å². The summed E-state index contributed by atoms with van der Waals surface area (Å²) in [6.07, 6.45) is -0.0145. The number of rotatable bonds is 8. The van der Waals surface area contributed by atoms with Crippen LogP contribution in [0.15, 0.2) is 48.0 Å². The molecule has 4 rings (SSSR count). The van der Waals surface area contributed by atoms with Crippen LogP contribution in [0.25, 0.3) is 5.76 Å². The van der Waals surface area contributed by atoms with Crippen LogP contribution in [0.1, 0.15) is 37.9 Å². The molecule has 1 saturated heterocycles. The molecule has 8 nitrogen and oxygen atoms in total. The summed E-state index contributed by atoms with van der Waals surface area (Å²) in [5, 5.41) is 11.2. The minimum atomic E-state index is -0.762. The monoisotopic (exact) mass is 453 g/mol. The first-order chi connectivity index (χ1) is 15.9. The lowest BCUT2D eigenvalue weighted by Gasteiger charge is -2.25. The molecule has 2 aromatic rings. The molecule has 0 spiro atoms. The number of aliphatic hydroxyl groups excluding tert-OH is 1. The van der Waals surface area contributed by atoms with Crippen molar-refractivity contribution in [3.05, 3.63) is 59.2 Å². The van der Waals surface area contributed by atoms with E-state index in [2.05, 4.69) is 0 Å². The third kappa shape index (κ3) is 4.52. The van der Waals surface area contributed by atoms with E-state index in [1.54, 1.807) is 42.5 Å². The van der Waals surface area contributed by atoms with Crippen molar-refractivity contribution in [2.75, 3.05) is 26.6 Å². The molecule has 0 radical (unpaired) electrons. The van der Waals surface area contributed by atoms with E-state index in [0.717, 1.165) is 0 Å². The Morgan fingerprint density at radius 2 is 1.85 bits per heavy atom. The quantitative estimate of drug-likeness (QED) is 0.370. The fraction of sp³-hybridized carbons (Fsp3) is 0.360. The smallest absolute Gasteiger partial charge is 0.295 e. The number of carbonyl (C=O) groups is 2. The number of ketones is 1. The Labute approximate surface area is 192 Å². The van der Waals surface area contributed by atoms with Crippen LogP contribution >= 0.6 is 0 Å². The van der Waals surface area contributed by atoms with Crippen molar-refractivity contribution in [2.45, 2.75) is 32.9 Å². The number of hydrogen-bond donors (Lipinski definition) is 1. The topological polar surface area (TPSA) is 94.5 Å². The maximum Gasteiger partial charge on any atom is 0.295 e. The van der Waals surface area contributed by atoms with Gasteiger partial charge in [0.25, 0.3) is 11.7 Å². The first kappa shape index (κ1) is 22.7. The number of nitrogens with zero attached hydrogens (tertiary/aromatic N) is 1. The maximum absolute atomic E-state index is 13.1. The third-order valence-electron chi connectivity index (χ3n) is 5.48. The van der Waals surface area contributed by atoms with E-state index >= 15 is 0 Å². The Kier molecular flexibility index (Phi) is 6.55. The van der Waals surface area contributed by atoms with Gasteiger partial charge in [0.15, 0.2) is 11.5 Å². The van der Waals surface area contributed by atoms with Gasteiger partial charge >= 0.3 is 0 Å². The number of hydrogen-bond acceptors (Lipinski definition) is 7. The molecule has 8 heteroatoms. The Balaban J connectivity index is 1.76. The van der Waals surface area contributed by atoms with Crippen LogP contribution in [0.4, 0.5) is 0 Å². The SMILES string of the molecule is CCOc1ccc(C2/C(=C(/O)c3ccc4c(c3)OCO4)C(=O)C(=O)N2CCOC(C)C)cc1. The molecule has 2 aromatic carbocycles. The Hall–Kier alpha value is -3.52. The zero-order valence-electron chi connectivity index (χ0n) is 18.9. The van der Waals surface area contributed by atoms with Gasteiger partial charge in [-0.05, 0) is 56.7 Å². The number of aliphatic hydroxyl groups is 1. The van der Waals surface area contributed by atoms with E-state index in [-0.39, 0.29) is 37.4 Å². The van der Waals surface area contributed by atoms with Crippen LogP contribution in [0.3, 0.4) is 0 Å². The van der Waals surface area contributed by atoms with Crippen molar-refractivity contribution in [3.63, 3.8) is 0 Å². The fourth-order valence-electron chi connectivity index (χ4n) is 3.96. The molecular weight excluding hydrogens is 426 g/mol. The zero-order chi connectivity index (χ0) is 23.5. The first-order valence-corrected chi connectivity index (χ1v) is 10.9. The van der Waals surface area contributed by atoms with Crippen molar-refractivity contribution >= 4 is 17.4 Å². The highest BCUT2D eigenvalue weighted by Crippen LogP contribution is 2.41. The number of ether oxygens (including phenoxy) is 4. The molecule has 1 atom stereocenters. The third-order valence-corrected chi connectivity index (χ3v) is 5.48. The summed E-state index contributed by atoms with van der Waals surface area (Å²) in [6, 6.07) is 11.3. The minimum absolute atomic E-state index is 0.0145. The molecule has 0 bridgehead atoms. The summed E-state index contributed by atoms with van der Waals surface area (Å²) in [7, 11) is 0. The van der Waals surface area contributed by atoms with Crippen LogP contribution in [0, 0.1) is 0 Å². The lowest BCUT2D eigenvalue weighted by molar-refractivity contribution is -0.140. The van der Waals surface area contributed by atoms with Gasteiger partial charge in [0, 0.05) is 12.1 Å². The van der Waals surface area contributed by atoms with Crippen molar-refractivity contribution in [2.24, 2.45) is 0 Å². The molecular formula is C25H27NO7. The van der Waals surface area contributed by atoms with Crippen LogP contribution < -0.4 is 14.2 Å². The van der Waals surface area contributed by atoms with Crippen LogP contribution in [0.5, 0.6) is 17.2 Å². The number of amides is 1. The van der Waals surface area contributed by atoms with Gasteiger partial charge in [-0.2, -0.15) is 0 Å². The van der Waals surface area contributed by atoms with Gasteiger partial charge in [-0.1, -0.05) is 12.1 Å². The molecule has 2 heterocycles. The molecule has 0 aliphatic carbocycles. The second kappa shape index (κ2) is 9.54. The summed E-state index contributed by atoms with van der Waals surface area (Å²) >= 11 is 0. The van der Waals surface area contributed by atoms with Crippen LogP contribution in [-0.2, 0) is 14.3 Å². The standard InChI is InChI=1S/C25H27NO7/c1-4-30-18-8-5-16(6-9-18)22-21(24(28)25(29)26(22)11-12-31-15(2)3)23(27)17-7-10-19-20(13-17)33-14-32-19/h5-10,13,15,22,27H,4,11-12,14H2,1-3H3/b23-21-. The summed E-state index contributed by atoms with van der Waals surface area (Å²) in [4.78, 5) is 27.5. The van der Waals surface area contributed by atoms with E-state index in [9.17, 15) is 14.7 Å². The molecule has 1 N–H and O–H groups in total. The fourth-order valence-corrected chi connectivity index (χ4v) is 3.96. The first-order valence-electron chi connectivity index (χ1n) is 10.9. The summed E-state index contributed by atoms with van der Waals surface area (Å²) < 4.78 is 21.9. The summed E-state index contributed by atoms with van der Waals surface area (Å²) in [6.45, 7) is 6.78. The van der Waals surface area contributed by atoms with Crippen molar-refractivity contribution in [1.29, 1.82) is 0 Å². The second-order valence-corrected chi connectivity index (χ2v) is 7.98. The van der Waals surface area contributed by atoms with Gasteiger partial charge in [0.1, 0.15) is 11.5 Å². The predicted octanol–water partition coefficient (Wildman–Crippen LogP) is 3.66. The van der Waals surface area contributed by atoms with Gasteiger partial charge in [0.2, 0.25) is 6.79 Å². The highest BCUT2D eigenvalue weighted by Gasteiger charge is 2.46.